The number of aliphatic imine (C=N–C) groups is 1. The zero-order valence-corrected chi connectivity index (χ0v) is 9.23. The molecule has 0 saturated carbocycles. The molecule has 4 heteroatoms. The number of hydrogen-bond acceptors (Lipinski definition) is 3. The number of nitrogen functional groups attached to an aromatic ring is 1. The summed E-state index contributed by atoms with van der Waals surface area (Å²) in [7, 11) is 0. The Morgan fingerprint density at radius 3 is 2.44 bits per heavy atom. The number of hydrogen-bond donors (Lipinski definition) is 2. The quantitative estimate of drug-likeness (QED) is 0.343. The van der Waals surface area contributed by atoms with Crippen LogP contribution in [0.1, 0.15) is 12.5 Å². The van der Waals surface area contributed by atoms with Crippen molar-refractivity contribution < 1.29 is 4.79 Å². The molecule has 1 rings (SSSR count). The Balaban J connectivity index is 2.74. The zero-order chi connectivity index (χ0) is 12.1. The normalized spacial score (nSPS) is 11.2. The fourth-order valence-corrected chi connectivity index (χ4v) is 1.04. The SMILES string of the molecule is C=C(C)C(=O)CN=C(N)c1ccc(N)cc1. The minimum atomic E-state index is -0.113. The Morgan fingerprint density at radius 1 is 1.38 bits per heavy atom. The third kappa shape index (κ3) is 3.24. The van der Waals surface area contributed by atoms with Crippen molar-refractivity contribution in [3.05, 3.63) is 42.0 Å². The molecular formula is C12H15N3O. The van der Waals surface area contributed by atoms with Gasteiger partial charge in [0.25, 0.3) is 0 Å². The standard InChI is InChI=1S/C12H15N3O/c1-8(2)11(16)7-15-12(14)9-3-5-10(13)6-4-9/h3-6H,1,7,13H2,2H3,(H2,14,15). The highest BCUT2D eigenvalue weighted by atomic mass is 16.1. The van der Waals surface area contributed by atoms with Crippen LogP contribution in [0, 0.1) is 0 Å². The summed E-state index contributed by atoms with van der Waals surface area (Å²) in [6.45, 7) is 5.22. The molecule has 1 aromatic rings. The Hall–Kier alpha value is -2.10. The monoisotopic (exact) mass is 217 g/mol. The first-order valence-electron chi connectivity index (χ1n) is 4.85. The smallest absolute Gasteiger partial charge is 0.179 e. The average molecular weight is 217 g/mol. The average Bonchev–Trinajstić information content (AvgIpc) is 2.26. The van der Waals surface area contributed by atoms with E-state index in [2.05, 4.69) is 11.6 Å². The number of carbonyl (C=O) groups is 1. The third-order valence-electron chi connectivity index (χ3n) is 2.08. The number of anilines is 1. The van der Waals surface area contributed by atoms with E-state index in [0.717, 1.165) is 5.56 Å². The van der Waals surface area contributed by atoms with Crippen molar-refractivity contribution in [2.75, 3.05) is 12.3 Å². The summed E-state index contributed by atoms with van der Waals surface area (Å²) >= 11 is 0. The van der Waals surface area contributed by atoms with Crippen molar-refractivity contribution >= 4 is 17.3 Å². The van der Waals surface area contributed by atoms with E-state index in [0.29, 0.717) is 17.1 Å². The lowest BCUT2D eigenvalue weighted by molar-refractivity contribution is -0.114. The molecule has 0 aliphatic rings. The van der Waals surface area contributed by atoms with E-state index in [4.69, 9.17) is 11.5 Å². The molecule has 0 unspecified atom stereocenters. The van der Waals surface area contributed by atoms with Crippen molar-refractivity contribution in [2.24, 2.45) is 10.7 Å². The molecule has 16 heavy (non-hydrogen) atoms. The highest BCUT2D eigenvalue weighted by Gasteiger charge is 2.02. The maximum absolute atomic E-state index is 11.3. The van der Waals surface area contributed by atoms with Gasteiger partial charge < -0.3 is 11.5 Å². The molecular weight excluding hydrogens is 202 g/mol. The Kier molecular flexibility index (Phi) is 3.83. The molecule has 4 nitrogen and oxygen atoms in total. The van der Waals surface area contributed by atoms with Crippen molar-refractivity contribution in [1.29, 1.82) is 0 Å². The second-order valence-corrected chi connectivity index (χ2v) is 3.53. The van der Waals surface area contributed by atoms with Gasteiger partial charge in [0.05, 0.1) is 0 Å². The van der Waals surface area contributed by atoms with Crippen LogP contribution in [-0.4, -0.2) is 18.2 Å². The van der Waals surface area contributed by atoms with Crippen LogP contribution in [-0.2, 0) is 4.79 Å². The molecule has 0 aliphatic carbocycles. The molecule has 0 spiro atoms. The number of nitrogens with zero attached hydrogens (tertiary/aromatic N) is 1. The first-order valence-corrected chi connectivity index (χ1v) is 4.85. The van der Waals surface area contributed by atoms with E-state index in [9.17, 15) is 4.79 Å². The van der Waals surface area contributed by atoms with Gasteiger partial charge in [-0.1, -0.05) is 6.58 Å². The van der Waals surface area contributed by atoms with Gasteiger partial charge in [0.1, 0.15) is 12.4 Å². The predicted octanol–water partition coefficient (Wildman–Crippen LogP) is 1.12. The molecule has 4 N–H and O–H groups in total. The molecule has 84 valence electrons. The Bertz CT molecular complexity index is 432. The maximum Gasteiger partial charge on any atom is 0.179 e. The minimum Gasteiger partial charge on any atom is -0.399 e. The first-order chi connectivity index (χ1) is 7.50. The molecule has 0 aliphatic heterocycles. The molecule has 0 radical (unpaired) electrons. The van der Waals surface area contributed by atoms with Crippen LogP contribution in [0.2, 0.25) is 0 Å². The maximum atomic E-state index is 11.3. The van der Waals surface area contributed by atoms with Gasteiger partial charge in [-0.25, -0.2) is 0 Å². The second-order valence-electron chi connectivity index (χ2n) is 3.53. The summed E-state index contributed by atoms with van der Waals surface area (Å²) in [6.07, 6.45) is 0. The van der Waals surface area contributed by atoms with E-state index >= 15 is 0 Å². The van der Waals surface area contributed by atoms with Crippen LogP contribution >= 0.6 is 0 Å². The summed E-state index contributed by atoms with van der Waals surface area (Å²) in [4.78, 5) is 15.2. The minimum absolute atomic E-state index is 0.0333. The number of nitrogens with two attached hydrogens (primary N) is 2. The third-order valence-corrected chi connectivity index (χ3v) is 2.08. The van der Waals surface area contributed by atoms with Gasteiger partial charge in [-0.2, -0.15) is 0 Å². The van der Waals surface area contributed by atoms with Gasteiger partial charge in [0.15, 0.2) is 5.78 Å². The lowest BCUT2D eigenvalue weighted by atomic mass is 10.2. The second kappa shape index (κ2) is 5.11. The van der Waals surface area contributed by atoms with Crippen LogP contribution in [0.15, 0.2) is 41.4 Å². The Labute approximate surface area is 94.7 Å². The van der Waals surface area contributed by atoms with Crippen molar-refractivity contribution in [2.45, 2.75) is 6.92 Å². The van der Waals surface area contributed by atoms with Gasteiger partial charge in [0, 0.05) is 11.3 Å². The lowest BCUT2D eigenvalue weighted by Gasteiger charge is -2.01. The van der Waals surface area contributed by atoms with Gasteiger partial charge in [-0.15, -0.1) is 0 Å². The molecule has 0 aromatic heterocycles. The zero-order valence-electron chi connectivity index (χ0n) is 9.23. The largest absolute Gasteiger partial charge is 0.399 e. The predicted molar refractivity (Wildman–Crippen MR) is 66.3 cm³/mol. The summed E-state index contributed by atoms with van der Waals surface area (Å²) < 4.78 is 0. The molecule has 0 saturated heterocycles. The van der Waals surface area contributed by atoms with E-state index in [1.54, 1.807) is 31.2 Å². The number of ketones is 1. The van der Waals surface area contributed by atoms with E-state index < -0.39 is 0 Å². The van der Waals surface area contributed by atoms with Crippen molar-refractivity contribution in [1.82, 2.24) is 0 Å². The van der Waals surface area contributed by atoms with E-state index in [1.165, 1.54) is 0 Å². The molecule has 0 amide bonds. The van der Waals surface area contributed by atoms with Gasteiger partial charge in [-0.3, -0.25) is 9.79 Å². The van der Waals surface area contributed by atoms with Crippen molar-refractivity contribution in [3.8, 4) is 0 Å². The van der Waals surface area contributed by atoms with Gasteiger partial charge in [-0.05, 0) is 36.8 Å². The lowest BCUT2D eigenvalue weighted by Crippen LogP contribution is -2.16. The summed E-state index contributed by atoms with van der Waals surface area (Å²) in [5.41, 5.74) is 13.2. The topological polar surface area (TPSA) is 81.5 Å². The highest BCUT2D eigenvalue weighted by Crippen LogP contribution is 2.05. The molecule has 1 aromatic carbocycles. The highest BCUT2D eigenvalue weighted by molar-refractivity contribution is 6.01. The fourth-order valence-electron chi connectivity index (χ4n) is 1.04. The fraction of sp³-hybridized carbons (Fsp3) is 0.167. The van der Waals surface area contributed by atoms with Gasteiger partial charge in [0.2, 0.25) is 0 Å². The molecule has 0 fully saturated rings. The van der Waals surface area contributed by atoms with Crippen LogP contribution in [0.5, 0.6) is 0 Å². The summed E-state index contributed by atoms with van der Waals surface area (Å²) in [5, 5.41) is 0. The van der Waals surface area contributed by atoms with Gasteiger partial charge >= 0.3 is 0 Å². The van der Waals surface area contributed by atoms with Crippen molar-refractivity contribution in [3.63, 3.8) is 0 Å². The number of benzene rings is 1. The first kappa shape index (κ1) is 12.0. The number of rotatable bonds is 4. The molecule has 0 heterocycles. The summed E-state index contributed by atoms with van der Waals surface area (Å²) in [6, 6.07) is 7.00. The molecule has 0 atom stereocenters. The van der Waals surface area contributed by atoms with Crippen LogP contribution in [0.4, 0.5) is 5.69 Å². The van der Waals surface area contributed by atoms with Crippen LogP contribution < -0.4 is 11.5 Å². The number of amidine groups is 1. The summed E-state index contributed by atoms with van der Waals surface area (Å²) in [5.74, 6) is 0.216. The number of carbonyl (C=O) groups excluding carboxylic acids is 1. The van der Waals surface area contributed by atoms with E-state index in [1.807, 2.05) is 0 Å². The Morgan fingerprint density at radius 2 is 1.94 bits per heavy atom. The van der Waals surface area contributed by atoms with Crippen LogP contribution in [0.25, 0.3) is 0 Å². The van der Waals surface area contributed by atoms with Crippen LogP contribution in [0.3, 0.4) is 0 Å². The number of Topliss-reactive ketones (excluding diaryl/α,β-unsaturated/α-hetero) is 1. The van der Waals surface area contributed by atoms with E-state index in [-0.39, 0.29) is 12.3 Å². The molecule has 0 bridgehead atoms.